The number of aromatic nitrogens is 1. The lowest BCUT2D eigenvalue weighted by Gasteiger charge is -2.25. The van der Waals surface area contributed by atoms with Crippen molar-refractivity contribution in [1.82, 2.24) is 9.29 Å². The lowest BCUT2D eigenvalue weighted by molar-refractivity contribution is 0.346. The third-order valence-corrected chi connectivity index (χ3v) is 7.68. The number of nitrogens with zero attached hydrogens (tertiary/aromatic N) is 2. The van der Waals surface area contributed by atoms with Crippen LogP contribution < -0.4 is 14.8 Å². The van der Waals surface area contributed by atoms with Gasteiger partial charge in [-0.3, -0.25) is 0 Å². The molecule has 4 rings (SSSR count). The molecule has 0 aliphatic carbocycles. The normalized spacial score (nSPS) is 14.9. The topological polar surface area (TPSA) is 80.8 Å². The summed E-state index contributed by atoms with van der Waals surface area (Å²) in [6.07, 6.45) is 3.74. The minimum absolute atomic E-state index is 0.336. The summed E-state index contributed by atoms with van der Waals surface area (Å²) in [6.45, 7) is 1.90. The molecular weight excluding hydrogens is 426 g/mol. The summed E-state index contributed by atoms with van der Waals surface area (Å²) in [5.41, 5.74) is 1.89. The first-order valence-corrected chi connectivity index (χ1v) is 12.3. The Morgan fingerprint density at radius 2 is 1.72 bits per heavy atom. The van der Waals surface area contributed by atoms with E-state index < -0.39 is 10.0 Å². The monoisotopic (exact) mass is 455 g/mol. The van der Waals surface area contributed by atoms with Crippen molar-refractivity contribution in [3.63, 3.8) is 0 Å². The maximum Gasteiger partial charge on any atom is 0.243 e. The van der Waals surface area contributed by atoms with Gasteiger partial charge in [-0.1, -0.05) is 12.5 Å². The molecule has 0 saturated carbocycles. The SMILES string of the molecule is COc1ccc(CCNc2ccc3cc(S(=O)(=O)N4CCCCC4)ccc3n2)cc1OC. The van der Waals surface area contributed by atoms with Gasteiger partial charge in [0.2, 0.25) is 10.0 Å². The van der Waals surface area contributed by atoms with E-state index in [0.717, 1.165) is 48.0 Å². The molecule has 0 spiro atoms. The van der Waals surface area contributed by atoms with Crippen molar-refractivity contribution in [3.05, 3.63) is 54.1 Å². The zero-order chi connectivity index (χ0) is 22.6. The van der Waals surface area contributed by atoms with Crippen LogP contribution in [0.5, 0.6) is 11.5 Å². The van der Waals surface area contributed by atoms with E-state index in [2.05, 4.69) is 10.3 Å². The van der Waals surface area contributed by atoms with Crippen molar-refractivity contribution in [2.45, 2.75) is 30.6 Å². The predicted molar refractivity (Wildman–Crippen MR) is 126 cm³/mol. The number of ether oxygens (including phenoxy) is 2. The van der Waals surface area contributed by atoms with Gasteiger partial charge in [-0.25, -0.2) is 13.4 Å². The molecule has 1 fully saturated rings. The minimum atomic E-state index is -3.45. The second-order valence-electron chi connectivity index (χ2n) is 7.88. The van der Waals surface area contributed by atoms with Gasteiger partial charge in [-0.05, 0) is 67.3 Å². The maximum absolute atomic E-state index is 12.9. The molecule has 7 nitrogen and oxygen atoms in total. The van der Waals surface area contributed by atoms with Gasteiger partial charge in [0, 0.05) is 25.0 Å². The van der Waals surface area contributed by atoms with Crippen molar-refractivity contribution in [1.29, 1.82) is 0 Å². The quantitative estimate of drug-likeness (QED) is 0.551. The van der Waals surface area contributed by atoms with Gasteiger partial charge in [0.05, 0.1) is 24.6 Å². The molecule has 1 saturated heterocycles. The Hall–Kier alpha value is -2.84. The van der Waals surface area contributed by atoms with Crippen molar-refractivity contribution in [2.24, 2.45) is 0 Å². The molecular formula is C24H29N3O4S. The number of fused-ring (bicyclic) bond motifs is 1. The van der Waals surface area contributed by atoms with E-state index in [0.29, 0.717) is 36.0 Å². The van der Waals surface area contributed by atoms with E-state index in [4.69, 9.17) is 9.47 Å². The van der Waals surface area contributed by atoms with E-state index in [1.165, 1.54) is 0 Å². The summed E-state index contributed by atoms with van der Waals surface area (Å²) in [5, 5.41) is 4.15. The Morgan fingerprint density at radius 3 is 2.47 bits per heavy atom. The number of rotatable bonds is 8. The first kappa shape index (κ1) is 22.4. The Kier molecular flexibility index (Phi) is 6.81. The molecule has 0 radical (unpaired) electrons. The molecule has 2 aromatic carbocycles. The van der Waals surface area contributed by atoms with Crippen LogP contribution in [-0.2, 0) is 16.4 Å². The average Bonchev–Trinajstić information content (AvgIpc) is 2.84. The predicted octanol–water partition coefficient (Wildman–Crippen LogP) is 4.08. The molecule has 2 heterocycles. The molecule has 0 amide bonds. The highest BCUT2D eigenvalue weighted by Crippen LogP contribution is 2.28. The van der Waals surface area contributed by atoms with Crippen LogP contribution in [0.3, 0.4) is 0 Å². The van der Waals surface area contributed by atoms with Crippen molar-refractivity contribution >= 4 is 26.7 Å². The lowest BCUT2D eigenvalue weighted by Crippen LogP contribution is -2.35. The van der Waals surface area contributed by atoms with Crippen molar-refractivity contribution in [2.75, 3.05) is 39.2 Å². The summed E-state index contributed by atoms with van der Waals surface area (Å²) in [6, 6.07) is 14.8. The highest BCUT2D eigenvalue weighted by atomic mass is 32.2. The van der Waals surface area contributed by atoms with Gasteiger partial charge in [-0.15, -0.1) is 0 Å². The summed E-state index contributed by atoms with van der Waals surface area (Å²) in [5.74, 6) is 2.18. The molecule has 1 aliphatic heterocycles. The van der Waals surface area contributed by atoms with Gasteiger partial charge < -0.3 is 14.8 Å². The second kappa shape index (κ2) is 9.75. The fourth-order valence-corrected chi connectivity index (χ4v) is 5.54. The molecule has 170 valence electrons. The van der Waals surface area contributed by atoms with Crippen LogP contribution in [0, 0.1) is 0 Å². The molecule has 1 aliphatic rings. The number of piperidine rings is 1. The number of pyridine rings is 1. The van der Waals surface area contributed by atoms with Gasteiger partial charge in [0.1, 0.15) is 5.82 Å². The number of sulfonamides is 1. The van der Waals surface area contributed by atoms with E-state index in [1.807, 2.05) is 30.3 Å². The number of nitrogens with one attached hydrogen (secondary N) is 1. The molecule has 1 aromatic heterocycles. The molecule has 0 unspecified atom stereocenters. The van der Waals surface area contributed by atoms with Gasteiger partial charge in [0.25, 0.3) is 0 Å². The molecule has 32 heavy (non-hydrogen) atoms. The fourth-order valence-electron chi connectivity index (χ4n) is 3.99. The largest absolute Gasteiger partial charge is 0.493 e. The maximum atomic E-state index is 12.9. The highest BCUT2D eigenvalue weighted by molar-refractivity contribution is 7.89. The van der Waals surface area contributed by atoms with Crippen LogP contribution in [0.25, 0.3) is 10.9 Å². The number of anilines is 1. The summed E-state index contributed by atoms with van der Waals surface area (Å²) in [4.78, 5) is 4.97. The van der Waals surface area contributed by atoms with Gasteiger partial charge in [-0.2, -0.15) is 4.31 Å². The van der Waals surface area contributed by atoms with Crippen LogP contribution in [-0.4, -0.2) is 51.6 Å². The fraction of sp³-hybridized carbons (Fsp3) is 0.375. The van der Waals surface area contributed by atoms with Crippen molar-refractivity contribution in [3.8, 4) is 11.5 Å². The van der Waals surface area contributed by atoms with E-state index >= 15 is 0 Å². The number of methoxy groups -OCH3 is 2. The number of hydrogen-bond donors (Lipinski definition) is 1. The van der Waals surface area contributed by atoms with Crippen LogP contribution in [0.4, 0.5) is 5.82 Å². The van der Waals surface area contributed by atoms with E-state index in [9.17, 15) is 8.42 Å². The Balaban J connectivity index is 1.43. The number of hydrogen-bond acceptors (Lipinski definition) is 6. The third kappa shape index (κ3) is 4.81. The highest BCUT2D eigenvalue weighted by Gasteiger charge is 2.26. The van der Waals surface area contributed by atoms with E-state index in [1.54, 1.807) is 36.7 Å². The Morgan fingerprint density at radius 1 is 0.938 bits per heavy atom. The molecule has 0 atom stereocenters. The lowest BCUT2D eigenvalue weighted by atomic mass is 10.1. The first-order valence-electron chi connectivity index (χ1n) is 10.9. The standard InChI is InChI=1S/C24H29N3O4S/c1-30-22-10-6-18(16-23(22)31-2)12-13-25-24-11-7-19-17-20(8-9-21(19)26-24)32(28,29)27-14-4-3-5-15-27/h6-11,16-17H,3-5,12-15H2,1-2H3,(H,25,26). The zero-order valence-electron chi connectivity index (χ0n) is 18.5. The Labute approximate surface area is 189 Å². The molecule has 1 N–H and O–H groups in total. The number of benzene rings is 2. The smallest absolute Gasteiger partial charge is 0.243 e. The van der Waals surface area contributed by atoms with Crippen LogP contribution >= 0.6 is 0 Å². The summed E-state index contributed by atoms with van der Waals surface area (Å²) in [7, 11) is -0.200. The summed E-state index contributed by atoms with van der Waals surface area (Å²) >= 11 is 0. The molecule has 3 aromatic rings. The van der Waals surface area contributed by atoms with Crippen LogP contribution in [0.15, 0.2) is 53.4 Å². The average molecular weight is 456 g/mol. The molecule has 0 bridgehead atoms. The Bertz CT molecular complexity index is 1190. The van der Waals surface area contributed by atoms with E-state index in [-0.39, 0.29) is 0 Å². The van der Waals surface area contributed by atoms with Gasteiger partial charge >= 0.3 is 0 Å². The van der Waals surface area contributed by atoms with Gasteiger partial charge in [0.15, 0.2) is 11.5 Å². The minimum Gasteiger partial charge on any atom is -0.493 e. The van der Waals surface area contributed by atoms with Crippen molar-refractivity contribution < 1.29 is 17.9 Å². The van der Waals surface area contributed by atoms with Crippen LogP contribution in [0.1, 0.15) is 24.8 Å². The molecule has 8 heteroatoms. The third-order valence-electron chi connectivity index (χ3n) is 5.78. The second-order valence-corrected chi connectivity index (χ2v) is 9.82. The summed E-state index contributed by atoms with van der Waals surface area (Å²) < 4.78 is 38.1. The zero-order valence-corrected chi connectivity index (χ0v) is 19.3. The van der Waals surface area contributed by atoms with Crippen LogP contribution in [0.2, 0.25) is 0 Å². The first-order chi connectivity index (χ1) is 15.5.